The lowest BCUT2D eigenvalue weighted by molar-refractivity contribution is 0.400. The van der Waals surface area contributed by atoms with Gasteiger partial charge >= 0.3 is 0 Å². The van der Waals surface area contributed by atoms with E-state index in [9.17, 15) is 0 Å². The molecular weight excluding hydrogens is 358 g/mol. The number of piperidine rings is 1. The molecular formula is C24H27N5. The molecule has 0 saturated carbocycles. The first-order valence-electron chi connectivity index (χ1n) is 10.7. The fourth-order valence-electron chi connectivity index (χ4n) is 4.61. The summed E-state index contributed by atoms with van der Waals surface area (Å²) < 4.78 is 0. The first-order chi connectivity index (χ1) is 14.4. The Morgan fingerprint density at radius 3 is 2.55 bits per heavy atom. The van der Waals surface area contributed by atoms with Crippen LogP contribution in [0.5, 0.6) is 0 Å². The molecule has 0 unspecified atom stereocenters. The summed E-state index contributed by atoms with van der Waals surface area (Å²) in [5.41, 5.74) is 4.09. The molecule has 29 heavy (non-hydrogen) atoms. The van der Waals surface area contributed by atoms with Crippen LogP contribution >= 0.6 is 0 Å². The fraction of sp³-hybridized carbons (Fsp3) is 0.375. The van der Waals surface area contributed by atoms with E-state index < -0.39 is 0 Å². The van der Waals surface area contributed by atoms with Crippen molar-refractivity contribution in [2.75, 3.05) is 29.4 Å². The molecule has 2 aliphatic heterocycles. The second kappa shape index (κ2) is 8.19. The van der Waals surface area contributed by atoms with Gasteiger partial charge in [-0.25, -0.2) is 0 Å². The first-order valence-corrected chi connectivity index (χ1v) is 10.7. The molecule has 3 aromatic rings. The van der Waals surface area contributed by atoms with Gasteiger partial charge in [-0.3, -0.25) is 0 Å². The van der Waals surface area contributed by atoms with Gasteiger partial charge in [0.05, 0.1) is 6.20 Å². The monoisotopic (exact) mass is 385 g/mol. The number of anilines is 3. The van der Waals surface area contributed by atoms with Gasteiger partial charge in [0.25, 0.3) is 0 Å². The van der Waals surface area contributed by atoms with Crippen molar-refractivity contribution < 1.29 is 0 Å². The number of hydrogen-bond donors (Lipinski definition) is 0. The molecule has 5 rings (SSSR count). The third kappa shape index (κ3) is 3.95. The lowest BCUT2D eigenvalue weighted by Gasteiger charge is -2.33. The molecule has 0 radical (unpaired) electrons. The Morgan fingerprint density at radius 1 is 0.897 bits per heavy atom. The Morgan fingerprint density at radius 2 is 1.69 bits per heavy atom. The van der Waals surface area contributed by atoms with Gasteiger partial charge in [-0.05, 0) is 55.2 Å². The number of fused-ring (bicyclic) bond motifs is 1. The molecule has 0 amide bonds. The molecule has 0 spiro atoms. The predicted octanol–water partition coefficient (Wildman–Crippen LogP) is 4.42. The summed E-state index contributed by atoms with van der Waals surface area (Å²) in [7, 11) is 0. The molecule has 0 N–H and O–H groups in total. The lowest BCUT2D eigenvalue weighted by atomic mass is 9.90. The highest BCUT2D eigenvalue weighted by Gasteiger charge is 2.24. The van der Waals surface area contributed by atoms with E-state index in [0.29, 0.717) is 0 Å². The van der Waals surface area contributed by atoms with E-state index in [1.165, 1.54) is 36.1 Å². The SMILES string of the molecule is c1ccc(CC2CCN(c3nncc(N4CCCc5ccccc54)n3)CC2)cc1. The maximum Gasteiger partial charge on any atom is 0.247 e. The minimum atomic E-state index is 0.735. The molecule has 3 heterocycles. The van der Waals surface area contributed by atoms with Gasteiger partial charge in [0, 0.05) is 25.3 Å². The predicted molar refractivity (Wildman–Crippen MR) is 117 cm³/mol. The van der Waals surface area contributed by atoms with Crippen LogP contribution in [0.4, 0.5) is 17.5 Å². The number of aryl methyl sites for hydroxylation is 1. The molecule has 5 nitrogen and oxygen atoms in total. The van der Waals surface area contributed by atoms with Crippen LogP contribution in [-0.4, -0.2) is 34.8 Å². The zero-order chi connectivity index (χ0) is 19.5. The van der Waals surface area contributed by atoms with Gasteiger partial charge in [-0.1, -0.05) is 48.5 Å². The molecule has 5 heteroatoms. The lowest BCUT2D eigenvalue weighted by Crippen LogP contribution is -2.36. The van der Waals surface area contributed by atoms with Crippen LogP contribution in [0.2, 0.25) is 0 Å². The van der Waals surface area contributed by atoms with Crippen molar-refractivity contribution in [3.63, 3.8) is 0 Å². The van der Waals surface area contributed by atoms with Crippen LogP contribution in [-0.2, 0) is 12.8 Å². The summed E-state index contributed by atoms with van der Waals surface area (Å²) in [6.07, 6.45) is 7.59. The third-order valence-corrected chi connectivity index (χ3v) is 6.19. The Kier molecular flexibility index (Phi) is 5.11. The number of benzene rings is 2. The van der Waals surface area contributed by atoms with E-state index in [1.54, 1.807) is 6.20 Å². The second-order valence-corrected chi connectivity index (χ2v) is 8.12. The van der Waals surface area contributed by atoms with E-state index >= 15 is 0 Å². The highest BCUT2D eigenvalue weighted by molar-refractivity contribution is 5.65. The number of para-hydroxylation sites is 1. The second-order valence-electron chi connectivity index (χ2n) is 8.12. The molecule has 2 aliphatic rings. The van der Waals surface area contributed by atoms with Crippen molar-refractivity contribution in [1.82, 2.24) is 15.2 Å². The highest BCUT2D eigenvalue weighted by Crippen LogP contribution is 2.32. The van der Waals surface area contributed by atoms with Crippen LogP contribution in [0.25, 0.3) is 0 Å². The van der Waals surface area contributed by atoms with E-state index in [4.69, 9.17) is 4.98 Å². The summed E-state index contributed by atoms with van der Waals surface area (Å²) in [6, 6.07) is 19.4. The van der Waals surface area contributed by atoms with E-state index in [0.717, 1.165) is 50.2 Å². The van der Waals surface area contributed by atoms with Crippen molar-refractivity contribution in [1.29, 1.82) is 0 Å². The molecule has 1 aromatic heterocycles. The van der Waals surface area contributed by atoms with Crippen molar-refractivity contribution in [2.24, 2.45) is 5.92 Å². The van der Waals surface area contributed by atoms with Crippen LogP contribution in [0, 0.1) is 5.92 Å². The van der Waals surface area contributed by atoms with Crippen molar-refractivity contribution in [2.45, 2.75) is 32.1 Å². The summed E-state index contributed by atoms with van der Waals surface area (Å²) in [6.45, 7) is 2.98. The zero-order valence-corrected chi connectivity index (χ0v) is 16.7. The Labute approximate surface area is 172 Å². The smallest absolute Gasteiger partial charge is 0.247 e. The molecule has 148 valence electrons. The topological polar surface area (TPSA) is 45.2 Å². The van der Waals surface area contributed by atoms with Gasteiger partial charge in [0.1, 0.15) is 0 Å². The largest absolute Gasteiger partial charge is 0.339 e. The number of nitrogens with zero attached hydrogens (tertiary/aromatic N) is 5. The van der Waals surface area contributed by atoms with Crippen molar-refractivity contribution in [3.05, 3.63) is 71.9 Å². The minimum Gasteiger partial charge on any atom is -0.339 e. The number of rotatable bonds is 4. The zero-order valence-electron chi connectivity index (χ0n) is 16.7. The van der Waals surface area contributed by atoms with E-state index in [1.807, 2.05) is 0 Å². The maximum atomic E-state index is 4.91. The summed E-state index contributed by atoms with van der Waals surface area (Å²) in [5.74, 6) is 2.41. The highest BCUT2D eigenvalue weighted by atomic mass is 15.4. The van der Waals surface area contributed by atoms with E-state index in [2.05, 4.69) is 74.6 Å². The molecule has 0 aliphatic carbocycles. The van der Waals surface area contributed by atoms with E-state index in [-0.39, 0.29) is 0 Å². The van der Waals surface area contributed by atoms with Gasteiger partial charge < -0.3 is 9.80 Å². The minimum absolute atomic E-state index is 0.735. The maximum absolute atomic E-state index is 4.91. The third-order valence-electron chi connectivity index (χ3n) is 6.19. The fourth-order valence-corrected chi connectivity index (χ4v) is 4.61. The van der Waals surface area contributed by atoms with Crippen molar-refractivity contribution >= 4 is 17.5 Å². The average Bonchev–Trinajstić information content (AvgIpc) is 2.80. The van der Waals surface area contributed by atoms with Gasteiger partial charge in [-0.15, -0.1) is 5.10 Å². The first kappa shape index (κ1) is 18.1. The molecule has 0 atom stereocenters. The molecule has 0 bridgehead atoms. The van der Waals surface area contributed by atoms with Crippen LogP contribution in [0.1, 0.15) is 30.4 Å². The number of aromatic nitrogens is 3. The van der Waals surface area contributed by atoms with Crippen LogP contribution < -0.4 is 9.80 Å². The van der Waals surface area contributed by atoms with Crippen LogP contribution in [0.15, 0.2) is 60.8 Å². The molecule has 1 fully saturated rings. The average molecular weight is 386 g/mol. The Bertz CT molecular complexity index is 950. The molecule has 1 saturated heterocycles. The molecule has 2 aromatic carbocycles. The number of hydrogen-bond acceptors (Lipinski definition) is 5. The quantitative estimate of drug-likeness (QED) is 0.665. The van der Waals surface area contributed by atoms with Crippen molar-refractivity contribution in [3.8, 4) is 0 Å². The summed E-state index contributed by atoms with van der Waals surface area (Å²) in [4.78, 5) is 9.50. The van der Waals surface area contributed by atoms with Gasteiger partial charge in [-0.2, -0.15) is 10.1 Å². The standard InChI is InChI=1S/C24H27N5/c1-2-7-19(8-3-1)17-20-12-15-28(16-13-20)24-26-23(18-25-27-24)29-14-6-10-21-9-4-5-11-22(21)29/h1-5,7-9,11,18,20H,6,10,12-17H2. The van der Waals surface area contributed by atoms with Gasteiger partial charge in [0.2, 0.25) is 5.95 Å². The Hall–Kier alpha value is -2.95. The van der Waals surface area contributed by atoms with Crippen LogP contribution in [0.3, 0.4) is 0 Å². The summed E-state index contributed by atoms with van der Waals surface area (Å²) in [5, 5.41) is 8.66. The Balaban J connectivity index is 1.28. The normalized spacial score (nSPS) is 17.2. The summed E-state index contributed by atoms with van der Waals surface area (Å²) >= 11 is 0. The van der Waals surface area contributed by atoms with Gasteiger partial charge in [0.15, 0.2) is 5.82 Å².